The second-order valence-corrected chi connectivity index (χ2v) is 19.7. The molecule has 13 aromatic rings. The van der Waals surface area contributed by atoms with Gasteiger partial charge in [-0.25, -0.2) is 9.98 Å². The second kappa shape index (κ2) is 15.0. The molecule has 0 fully saturated rings. The van der Waals surface area contributed by atoms with Gasteiger partial charge in [0.05, 0.1) is 22.1 Å². The maximum Gasteiger partial charge on any atom is 0.173 e. The summed E-state index contributed by atoms with van der Waals surface area (Å²) in [4.78, 5) is 11.2. The first-order valence-corrected chi connectivity index (χ1v) is 24.5. The van der Waals surface area contributed by atoms with Crippen LogP contribution in [0.4, 0.5) is 0 Å². The number of para-hydroxylation sites is 1. The van der Waals surface area contributed by atoms with Crippen LogP contribution in [0.5, 0.6) is 0 Å². The van der Waals surface area contributed by atoms with E-state index in [0.717, 1.165) is 83.4 Å². The fraction of sp³-hybridized carbons (Fsp3) is 0.0606. The van der Waals surface area contributed by atoms with Crippen molar-refractivity contribution in [1.29, 1.82) is 0 Å². The van der Waals surface area contributed by atoms with Crippen LogP contribution in [-0.4, -0.2) is 16.2 Å². The van der Waals surface area contributed by atoms with Crippen molar-refractivity contribution >= 4 is 87.7 Å². The molecule has 2 aromatic heterocycles. The zero-order chi connectivity index (χ0) is 47.0. The quantitative estimate of drug-likeness (QED) is 0.187. The summed E-state index contributed by atoms with van der Waals surface area (Å²) in [5, 5.41) is 15.5. The van der Waals surface area contributed by atoms with Crippen molar-refractivity contribution in [1.82, 2.24) is 9.88 Å². The molecule has 1 atom stereocenters. The van der Waals surface area contributed by atoms with E-state index in [0.29, 0.717) is 0 Å². The monoisotopic (exact) mass is 908 g/mol. The zero-order valence-electron chi connectivity index (χ0n) is 39.1. The average molecular weight is 909 g/mol. The van der Waals surface area contributed by atoms with Gasteiger partial charge in [0.1, 0.15) is 22.8 Å². The molecule has 334 valence electrons. The van der Waals surface area contributed by atoms with Gasteiger partial charge in [0.2, 0.25) is 0 Å². The molecule has 0 amide bonds. The number of amidine groups is 2. The first kappa shape index (κ1) is 39.9. The van der Waals surface area contributed by atoms with Gasteiger partial charge in [-0.05, 0) is 102 Å². The molecule has 15 rings (SSSR count). The lowest BCUT2D eigenvalue weighted by Crippen LogP contribution is -2.36. The number of rotatable bonds is 5. The highest BCUT2D eigenvalue weighted by molar-refractivity contribution is 6.24. The molecule has 5 nitrogen and oxygen atoms in total. The number of aliphatic imine (C=N–C) groups is 2. The summed E-state index contributed by atoms with van der Waals surface area (Å²) in [5.74, 6) is 1.53. The molecule has 1 aliphatic carbocycles. The Kier molecular flexibility index (Phi) is 8.41. The summed E-state index contributed by atoms with van der Waals surface area (Å²) in [7, 11) is 0. The molecule has 1 aliphatic heterocycles. The molecule has 3 heterocycles. The van der Waals surface area contributed by atoms with Crippen LogP contribution in [0.1, 0.15) is 47.8 Å². The predicted molar refractivity (Wildman–Crippen MR) is 295 cm³/mol. The standard InChI is InChI=1S/C66H44N4O/c1-66(2)53-27-11-9-24-49(53)59-50(26-14-28-54(59)66)64-67-63(41-34-32-40(33-35-41)46-25-13-20-39-16-5-7-21-45(39)46)68-65(69-64)52-37-44-19-6-8-22-47(44)60-61-56(30-15-31-58(61)71-62(52)60)70-55-29-12-10-23-48(55)51-36-42-17-3-4-18-43(42)38-57(51)70/h3-38,65H,1-2H3,(H,67,68,69). The van der Waals surface area contributed by atoms with Crippen LogP contribution in [0, 0.1) is 0 Å². The minimum absolute atomic E-state index is 0.176. The number of aromatic nitrogens is 1. The molecule has 0 saturated carbocycles. The predicted octanol–water partition coefficient (Wildman–Crippen LogP) is 16.6. The van der Waals surface area contributed by atoms with E-state index < -0.39 is 6.17 Å². The van der Waals surface area contributed by atoms with Gasteiger partial charge >= 0.3 is 0 Å². The Bertz CT molecular complexity index is 4470. The molecular formula is C66H44N4O. The molecule has 0 bridgehead atoms. The van der Waals surface area contributed by atoms with Crippen molar-refractivity contribution in [3.8, 4) is 27.9 Å². The highest BCUT2D eigenvalue weighted by Crippen LogP contribution is 2.51. The molecule has 5 heteroatoms. The zero-order valence-corrected chi connectivity index (χ0v) is 39.1. The van der Waals surface area contributed by atoms with E-state index in [1.165, 1.54) is 60.1 Å². The number of nitrogens with zero attached hydrogens (tertiary/aromatic N) is 3. The average Bonchev–Trinajstić information content (AvgIpc) is 4.06. The minimum atomic E-state index is -0.643. The van der Waals surface area contributed by atoms with Crippen molar-refractivity contribution in [2.45, 2.75) is 25.4 Å². The molecule has 0 saturated heterocycles. The SMILES string of the molecule is CC1(C)c2ccccc2-c2c(C3=NC(c4cc5ccccc5c5c4oc4cccc(-n6c7ccccc7c7cc8ccccc8cc76)c45)N=C(c4ccc(-c5cccc6ccccc56)cc4)N3)cccc21. The fourth-order valence-electron chi connectivity index (χ4n) is 12.1. The van der Waals surface area contributed by atoms with Crippen LogP contribution in [-0.2, 0) is 5.41 Å². The van der Waals surface area contributed by atoms with Crippen LogP contribution in [0.3, 0.4) is 0 Å². The summed E-state index contributed by atoms with van der Waals surface area (Å²) in [6.45, 7) is 4.65. The van der Waals surface area contributed by atoms with E-state index in [-0.39, 0.29) is 5.41 Å². The largest absolute Gasteiger partial charge is 0.456 e. The highest BCUT2D eigenvalue weighted by Gasteiger charge is 2.38. The Morgan fingerprint density at radius 3 is 1.93 bits per heavy atom. The van der Waals surface area contributed by atoms with Crippen LogP contribution in [0.2, 0.25) is 0 Å². The number of fused-ring (bicyclic) bond motifs is 13. The van der Waals surface area contributed by atoms with Crippen molar-refractivity contribution < 1.29 is 4.42 Å². The smallest absolute Gasteiger partial charge is 0.173 e. The Labute approximate surface area is 409 Å². The summed E-state index contributed by atoms with van der Waals surface area (Å²) in [6.07, 6.45) is -0.643. The Hall–Kier alpha value is -9.06. The lowest BCUT2D eigenvalue weighted by atomic mass is 9.82. The topological polar surface area (TPSA) is 54.8 Å². The van der Waals surface area contributed by atoms with Crippen molar-refractivity contribution in [2.75, 3.05) is 0 Å². The van der Waals surface area contributed by atoms with Gasteiger partial charge in [-0.15, -0.1) is 0 Å². The van der Waals surface area contributed by atoms with Crippen molar-refractivity contribution in [2.24, 2.45) is 9.98 Å². The van der Waals surface area contributed by atoms with Gasteiger partial charge in [-0.3, -0.25) is 0 Å². The maximum atomic E-state index is 7.24. The van der Waals surface area contributed by atoms with Gasteiger partial charge < -0.3 is 14.3 Å². The number of hydrogen-bond donors (Lipinski definition) is 1. The lowest BCUT2D eigenvalue weighted by molar-refractivity contribution is 0.649. The van der Waals surface area contributed by atoms with Gasteiger partial charge in [-0.1, -0.05) is 196 Å². The second-order valence-electron chi connectivity index (χ2n) is 19.7. The highest BCUT2D eigenvalue weighted by atomic mass is 16.3. The molecular weight excluding hydrogens is 865 g/mol. The van der Waals surface area contributed by atoms with E-state index >= 15 is 0 Å². The number of benzene rings is 11. The van der Waals surface area contributed by atoms with Crippen molar-refractivity contribution in [3.63, 3.8) is 0 Å². The number of nitrogens with one attached hydrogen (secondary N) is 1. The first-order chi connectivity index (χ1) is 35.0. The van der Waals surface area contributed by atoms with E-state index in [9.17, 15) is 0 Å². The third-order valence-corrected chi connectivity index (χ3v) is 15.4. The van der Waals surface area contributed by atoms with Crippen LogP contribution in [0.15, 0.2) is 233 Å². The molecule has 1 unspecified atom stereocenters. The van der Waals surface area contributed by atoms with E-state index in [1.807, 2.05) is 0 Å². The van der Waals surface area contributed by atoms with Crippen LogP contribution >= 0.6 is 0 Å². The fourth-order valence-corrected chi connectivity index (χ4v) is 12.1. The summed E-state index contributed by atoms with van der Waals surface area (Å²) in [6, 6.07) is 78.9. The summed E-state index contributed by atoms with van der Waals surface area (Å²) >= 11 is 0. The molecule has 0 spiro atoms. The molecule has 2 aliphatic rings. The van der Waals surface area contributed by atoms with Crippen LogP contribution < -0.4 is 5.32 Å². The normalized spacial score (nSPS) is 15.2. The maximum absolute atomic E-state index is 7.24. The van der Waals surface area contributed by atoms with Crippen molar-refractivity contribution in [3.05, 3.63) is 246 Å². The molecule has 11 aromatic carbocycles. The summed E-state index contributed by atoms with van der Waals surface area (Å²) < 4.78 is 9.67. The number of furan rings is 1. The Morgan fingerprint density at radius 1 is 0.451 bits per heavy atom. The Morgan fingerprint density at radius 2 is 1.07 bits per heavy atom. The van der Waals surface area contributed by atoms with Gasteiger partial charge in [0.15, 0.2) is 6.17 Å². The van der Waals surface area contributed by atoms with Gasteiger partial charge in [0, 0.05) is 38.3 Å². The molecule has 1 N–H and O–H groups in total. The van der Waals surface area contributed by atoms with E-state index in [1.54, 1.807) is 0 Å². The number of hydrogen-bond acceptors (Lipinski definition) is 4. The first-order valence-electron chi connectivity index (χ1n) is 24.5. The van der Waals surface area contributed by atoms with E-state index in [2.05, 4.69) is 242 Å². The lowest BCUT2D eigenvalue weighted by Gasteiger charge is -2.25. The third-order valence-electron chi connectivity index (χ3n) is 15.4. The minimum Gasteiger partial charge on any atom is -0.456 e. The Balaban J connectivity index is 0.973. The van der Waals surface area contributed by atoms with Crippen LogP contribution in [0.25, 0.3) is 104 Å². The van der Waals surface area contributed by atoms with Gasteiger partial charge in [-0.2, -0.15) is 0 Å². The van der Waals surface area contributed by atoms with E-state index in [4.69, 9.17) is 14.4 Å². The molecule has 0 radical (unpaired) electrons. The molecule has 71 heavy (non-hydrogen) atoms. The van der Waals surface area contributed by atoms with Gasteiger partial charge in [0.25, 0.3) is 0 Å². The third kappa shape index (κ3) is 5.87. The summed E-state index contributed by atoms with van der Waals surface area (Å²) in [5.41, 5.74) is 15.1.